The van der Waals surface area contributed by atoms with E-state index < -0.39 is 10.0 Å². The molecule has 0 aliphatic rings. The van der Waals surface area contributed by atoms with Gasteiger partial charge in [0.25, 0.3) is 0 Å². The normalized spacial score (nSPS) is 13.0. The van der Waals surface area contributed by atoms with Crippen LogP contribution in [0.2, 0.25) is 0 Å². The summed E-state index contributed by atoms with van der Waals surface area (Å²) in [5, 5.41) is 5.10. The number of hydrogen-bond donors (Lipinski definition) is 2. The Balaban J connectivity index is 2.77. The molecular formula is C15H28N2O2S2. The molecule has 0 atom stereocenters. The molecule has 1 aromatic rings. The number of nitrogens with one attached hydrogen (secondary N) is 2. The van der Waals surface area contributed by atoms with Gasteiger partial charge in [-0.1, -0.05) is 34.6 Å². The standard InChI is InChI=1S/C15H28N2O2S2/c1-6-8-16-10-13-14(7-9-20-13)21(18,19)17-11-15(4,5)12(2)3/h7,9,12,16-17H,6,8,10-11H2,1-5H3. The molecule has 1 aromatic heterocycles. The average molecular weight is 333 g/mol. The smallest absolute Gasteiger partial charge is 0.241 e. The van der Waals surface area contributed by atoms with Crippen LogP contribution in [-0.4, -0.2) is 21.5 Å². The first kappa shape index (κ1) is 18.6. The van der Waals surface area contributed by atoms with E-state index in [1.54, 1.807) is 6.07 Å². The van der Waals surface area contributed by atoms with E-state index >= 15 is 0 Å². The molecule has 0 saturated carbocycles. The number of hydrogen-bond acceptors (Lipinski definition) is 4. The molecule has 0 aromatic carbocycles. The van der Waals surface area contributed by atoms with Crippen LogP contribution in [0.5, 0.6) is 0 Å². The highest BCUT2D eigenvalue weighted by Crippen LogP contribution is 2.27. The van der Waals surface area contributed by atoms with Crippen molar-refractivity contribution in [1.82, 2.24) is 10.0 Å². The molecule has 0 saturated heterocycles. The topological polar surface area (TPSA) is 58.2 Å². The molecule has 0 radical (unpaired) electrons. The van der Waals surface area contributed by atoms with Gasteiger partial charge in [0.1, 0.15) is 0 Å². The summed E-state index contributed by atoms with van der Waals surface area (Å²) in [7, 11) is -3.43. The molecule has 0 fully saturated rings. The zero-order valence-corrected chi connectivity index (χ0v) is 15.3. The van der Waals surface area contributed by atoms with Crippen molar-refractivity contribution in [2.45, 2.75) is 52.5 Å². The Morgan fingerprint density at radius 1 is 1.33 bits per heavy atom. The van der Waals surface area contributed by atoms with E-state index in [2.05, 4.69) is 44.7 Å². The van der Waals surface area contributed by atoms with E-state index in [9.17, 15) is 8.42 Å². The lowest BCUT2D eigenvalue weighted by atomic mass is 9.81. The third kappa shape index (κ3) is 5.36. The monoisotopic (exact) mass is 332 g/mol. The molecule has 0 aliphatic carbocycles. The maximum absolute atomic E-state index is 12.5. The van der Waals surface area contributed by atoms with Crippen LogP contribution in [0.1, 0.15) is 45.9 Å². The van der Waals surface area contributed by atoms with Crippen molar-refractivity contribution < 1.29 is 8.42 Å². The predicted molar refractivity (Wildman–Crippen MR) is 90.1 cm³/mol. The van der Waals surface area contributed by atoms with E-state index in [0.29, 0.717) is 23.9 Å². The Hall–Kier alpha value is -0.430. The summed E-state index contributed by atoms with van der Waals surface area (Å²) >= 11 is 1.48. The molecule has 0 aliphatic heterocycles. The summed E-state index contributed by atoms with van der Waals surface area (Å²) in [6.07, 6.45) is 1.04. The molecule has 4 nitrogen and oxygen atoms in total. The number of rotatable bonds is 9. The van der Waals surface area contributed by atoms with Crippen LogP contribution >= 0.6 is 11.3 Å². The van der Waals surface area contributed by atoms with Crippen LogP contribution in [0.15, 0.2) is 16.3 Å². The summed E-state index contributed by atoms with van der Waals surface area (Å²) in [5.74, 6) is 0.411. The molecule has 0 unspecified atom stereocenters. The van der Waals surface area contributed by atoms with Gasteiger partial charge in [-0.2, -0.15) is 0 Å². The van der Waals surface area contributed by atoms with E-state index in [1.807, 2.05) is 5.38 Å². The van der Waals surface area contributed by atoms with Gasteiger partial charge in [-0.3, -0.25) is 0 Å². The molecule has 1 heterocycles. The summed E-state index contributed by atoms with van der Waals surface area (Å²) in [6, 6.07) is 1.69. The Labute approximate surface area is 133 Å². The fraction of sp³-hybridized carbons (Fsp3) is 0.733. The highest BCUT2D eigenvalue weighted by atomic mass is 32.2. The van der Waals surface area contributed by atoms with Crippen LogP contribution in [0, 0.1) is 11.3 Å². The van der Waals surface area contributed by atoms with E-state index in [-0.39, 0.29) is 5.41 Å². The second-order valence-corrected chi connectivity index (χ2v) is 9.09. The number of thiophene rings is 1. The molecule has 0 bridgehead atoms. The predicted octanol–water partition coefficient (Wildman–Crippen LogP) is 3.21. The Morgan fingerprint density at radius 2 is 2.00 bits per heavy atom. The molecule has 122 valence electrons. The maximum Gasteiger partial charge on any atom is 0.241 e. The van der Waals surface area contributed by atoms with E-state index in [4.69, 9.17) is 0 Å². The summed E-state index contributed by atoms with van der Waals surface area (Å²) in [5.41, 5.74) is -0.0658. The number of sulfonamides is 1. The van der Waals surface area contributed by atoms with Crippen LogP contribution in [-0.2, 0) is 16.6 Å². The molecule has 0 spiro atoms. The Kier molecular flexibility index (Phi) is 6.84. The zero-order valence-electron chi connectivity index (χ0n) is 13.7. The van der Waals surface area contributed by atoms with Gasteiger partial charge in [-0.25, -0.2) is 13.1 Å². The van der Waals surface area contributed by atoms with E-state index in [0.717, 1.165) is 17.8 Å². The largest absolute Gasteiger partial charge is 0.312 e. The lowest BCUT2D eigenvalue weighted by Crippen LogP contribution is -2.37. The average Bonchev–Trinajstić information content (AvgIpc) is 2.86. The fourth-order valence-electron chi connectivity index (χ4n) is 1.64. The summed E-state index contributed by atoms with van der Waals surface area (Å²) < 4.78 is 27.7. The third-order valence-corrected chi connectivity index (χ3v) is 6.52. The third-order valence-electron chi connectivity index (χ3n) is 3.99. The lowest BCUT2D eigenvalue weighted by molar-refractivity contribution is 0.252. The minimum Gasteiger partial charge on any atom is -0.312 e. The van der Waals surface area contributed by atoms with Gasteiger partial charge in [-0.05, 0) is 35.7 Å². The Bertz CT molecular complexity index is 534. The highest BCUT2D eigenvalue weighted by Gasteiger charge is 2.26. The van der Waals surface area contributed by atoms with Crippen molar-refractivity contribution in [1.29, 1.82) is 0 Å². The van der Waals surface area contributed by atoms with Gasteiger partial charge < -0.3 is 5.32 Å². The van der Waals surface area contributed by atoms with Crippen LogP contribution in [0.4, 0.5) is 0 Å². The highest BCUT2D eigenvalue weighted by molar-refractivity contribution is 7.89. The van der Waals surface area contributed by atoms with E-state index in [1.165, 1.54) is 11.3 Å². The summed E-state index contributed by atoms with van der Waals surface area (Å²) in [4.78, 5) is 1.29. The minimum absolute atomic E-state index is 0.0658. The van der Waals surface area contributed by atoms with Gasteiger partial charge in [0.2, 0.25) is 10.0 Å². The quantitative estimate of drug-likeness (QED) is 0.683. The molecule has 0 amide bonds. The lowest BCUT2D eigenvalue weighted by Gasteiger charge is -2.29. The molecule has 6 heteroatoms. The zero-order chi connectivity index (χ0) is 16.1. The van der Waals surface area contributed by atoms with Gasteiger partial charge in [0.05, 0.1) is 4.90 Å². The Morgan fingerprint density at radius 3 is 2.57 bits per heavy atom. The van der Waals surface area contributed by atoms with Crippen molar-refractivity contribution >= 4 is 21.4 Å². The second-order valence-electron chi connectivity index (χ2n) is 6.35. The van der Waals surface area contributed by atoms with Gasteiger partial charge in [0, 0.05) is 18.0 Å². The fourth-order valence-corrected chi connectivity index (χ4v) is 4.27. The first-order valence-corrected chi connectivity index (χ1v) is 9.83. The SMILES string of the molecule is CCCNCc1sccc1S(=O)(=O)NCC(C)(C)C(C)C. The van der Waals surface area contributed by atoms with Crippen molar-refractivity contribution in [3.8, 4) is 0 Å². The molecule has 2 N–H and O–H groups in total. The van der Waals surface area contributed by atoms with Gasteiger partial charge in [0.15, 0.2) is 0 Å². The van der Waals surface area contributed by atoms with Crippen LogP contribution in [0.25, 0.3) is 0 Å². The van der Waals surface area contributed by atoms with Gasteiger partial charge in [-0.15, -0.1) is 11.3 Å². The minimum atomic E-state index is -3.43. The van der Waals surface area contributed by atoms with Crippen molar-refractivity contribution in [3.05, 3.63) is 16.3 Å². The first-order chi connectivity index (χ1) is 9.70. The first-order valence-electron chi connectivity index (χ1n) is 7.47. The van der Waals surface area contributed by atoms with Crippen molar-refractivity contribution in [2.75, 3.05) is 13.1 Å². The second kappa shape index (κ2) is 7.72. The van der Waals surface area contributed by atoms with Crippen molar-refractivity contribution in [2.24, 2.45) is 11.3 Å². The molecular weight excluding hydrogens is 304 g/mol. The maximum atomic E-state index is 12.5. The van der Waals surface area contributed by atoms with Crippen LogP contribution in [0.3, 0.4) is 0 Å². The molecule has 1 rings (SSSR count). The molecule has 21 heavy (non-hydrogen) atoms. The van der Waals surface area contributed by atoms with Gasteiger partial charge >= 0.3 is 0 Å². The summed E-state index contributed by atoms with van der Waals surface area (Å²) in [6.45, 7) is 12.4. The van der Waals surface area contributed by atoms with Crippen LogP contribution < -0.4 is 10.0 Å². The van der Waals surface area contributed by atoms with Crippen molar-refractivity contribution in [3.63, 3.8) is 0 Å².